The summed E-state index contributed by atoms with van der Waals surface area (Å²) in [4.78, 5) is 21.0. The maximum Gasteiger partial charge on any atom is 0.307 e. The van der Waals surface area contributed by atoms with Crippen LogP contribution in [0.5, 0.6) is 5.75 Å². The summed E-state index contributed by atoms with van der Waals surface area (Å²) in [5.74, 6) is -0.322. The van der Waals surface area contributed by atoms with Crippen molar-refractivity contribution in [1.82, 2.24) is 14.1 Å². The van der Waals surface area contributed by atoms with Crippen LogP contribution < -0.4 is 19.4 Å². The van der Waals surface area contributed by atoms with Gasteiger partial charge in [-0.25, -0.2) is 4.98 Å². The average Bonchev–Trinajstić information content (AvgIpc) is 3.76. The van der Waals surface area contributed by atoms with Crippen LogP contribution in [-0.4, -0.2) is 59.6 Å². The maximum absolute atomic E-state index is 12.0. The molecule has 12 heteroatoms. The Bertz CT molecular complexity index is 1820. The maximum atomic E-state index is 12.0. The molecule has 0 unspecified atom stereocenters. The first-order valence-corrected chi connectivity index (χ1v) is 16.0. The lowest BCUT2D eigenvalue weighted by molar-refractivity contribution is -0.189. The number of aromatic nitrogens is 3. The number of benzene rings is 3. The van der Waals surface area contributed by atoms with E-state index in [-0.39, 0.29) is 11.0 Å². The molecule has 0 spiro atoms. The SMILES string of the molecule is Cn1c(=O)sc2cc(N3CCN(c4ccc(OC[C@H]5CO[C@@](Cn6ccnc6)(c6ccc(Cl)cc6Cl)O5)cc4)CC3)ccc21. The third-order valence-electron chi connectivity index (χ3n) is 8.21. The highest BCUT2D eigenvalue weighted by atomic mass is 35.5. The van der Waals surface area contributed by atoms with Gasteiger partial charge in [-0.15, -0.1) is 0 Å². The Kier molecular flexibility index (Phi) is 8.02. The van der Waals surface area contributed by atoms with Crippen molar-refractivity contribution in [2.75, 3.05) is 49.2 Å². The molecule has 2 aliphatic heterocycles. The molecule has 2 aromatic heterocycles. The molecule has 0 N–H and O–H groups in total. The van der Waals surface area contributed by atoms with E-state index < -0.39 is 5.79 Å². The van der Waals surface area contributed by atoms with Crippen molar-refractivity contribution in [3.05, 3.63) is 105 Å². The fourth-order valence-corrected chi connectivity index (χ4v) is 7.32. The number of piperazine rings is 1. The summed E-state index contributed by atoms with van der Waals surface area (Å²) >= 11 is 14.0. The van der Waals surface area contributed by atoms with Crippen LogP contribution in [-0.2, 0) is 28.9 Å². The first kappa shape index (κ1) is 29.2. The van der Waals surface area contributed by atoms with Crippen molar-refractivity contribution in [3.8, 4) is 5.75 Å². The predicted octanol–water partition coefficient (Wildman–Crippen LogP) is 5.78. The Labute approximate surface area is 268 Å². The summed E-state index contributed by atoms with van der Waals surface area (Å²) in [6.07, 6.45) is 5.00. The van der Waals surface area contributed by atoms with E-state index in [2.05, 4.69) is 39.0 Å². The number of aryl methyl sites for hydroxylation is 1. The molecule has 3 aromatic carbocycles. The lowest BCUT2D eigenvalue weighted by Gasteiger charge is -2.37. The molecule has 0 radical (unpaired) electrons. The Hall–Kier alpha value is -3.54. The number of thiazole rings is 1. The summed E-state index contributed by atoms with van der Waals surface area (Å²) in [7, 11) is 1.82. The van der Waals surface area contributed by atoms with E-state index >= 15 is 0 Å². The topological polar surface area (TPSA) is 74.0 Å². The van der Waals surface area contributed by atoms with Crippen molar-refractivity contribution in [3.63, 3.8) is 0 Å². The number of fused-ring (bicyclic) bond motifs is 1. The molecule has 9 nitrogen and oxygen atoms in total. The molecule has 0 saturated carbocycles. The zero-order valence-corrected chi connectivity index (χ0v) is 26.4. The number of imidazole rings is 1. The fraction of sp³-hybridized carbons (Fsp3) is 0.312. The second-order valence-corrected chi connectivity index (χ2v) is 12.9. The van der Waals surface area contributed by atoms with Gasteiger partial charge in [0.05, 0.1) is 34.7 Å². The number of hydrogen-bond acceptors (Lipinski definition) is 8. The van der Waals surface area contributed by atoms with Crippen LogP contribution in [0.1, 0.15) is 5.56 Å². The van der Waals surface area contributed by atoms with Gasteiger partial charge in [-0.3, -0.25) is 4.79 Å². The van der Waals surface area contributed by atoms with Crippen LogP contribution in [0.2, 0.25) is 10.0 Å². The average molecular weight is 653 g/mol. The van der Waals surface area contributed by atoms with E-state index in [1.54, 1.807) is 29.2 Å². The van der Waals surface area contributed by atoms with Gasteiger partial charge in [-0.2, -0.15) is 0 Å². The molecule has 2 atom stereocenters. The van der Waals surface area contributed by atoms with Crippen molar-refractivity contribution >= 4 is 56.1 Å². The number of hydrogen-bond donors (Lipinski definition) is 0. The van der Waals surface area contributed by atoms with Crippen molar-refractivity contribution < 1.29 is 14.2 Å². The number of rotatable bonds is 8. The monoisotopic (exact) mass is 651 g/mol. The number of ether oxygens (including phenoxy) is 3. The van der Waals surface area contributed by atoms with Gasteiger partial charge < -0.3 is 33.1 Å². The molecule has 4 heterocycles. The lowest BCUT2D eigenvalue weighted by Crippen LogP contribution is -2.46. The Morgan fingerprint density at radius 1 is 1.00 bits per heavy atom. The zero-order chi connectivity index (χ0) is 30.3. The minimum absolute atomic E-state index is 0.0695. The van der Waals surface area contributed by atoms with Gasteiger partial charge in [0, 0.05) is 67.6 Å². The molecule has 7 rings (SSSR count). The molecule has 44 heavy (non-hydrogen) atoms. The van der Waals surface area contributed by atoms with E-state index in [0.29, 0.717) is 35.4 Å². The largest absolute Gasteiger partial charge is 0.491 e. The van der Waals surface area contributed by atoms with E-state index in [4.69, 9.17) is 37.4 Å². The molecule has 0 amide bonds. The van der Waals surface area contributed by atoms with Gasteiger partial charge in [0.15, 0.2) is 0 Å². The molecule has 2 fully saturated rings. The standard InChI is InChI=1S/C32H31Cl2N5O4S/c1-36-29-9-5-24(17-30(29)44-31(36)40)39-14-12-38(13-15-39)23-3-6-25(7-4-23)41-18-26-19-42-32(43-26,20-37-11-10-35-21-37)27-8-2-22(33)16-28(27)34/h2-11,16-17,21,26H,12-15,18-20H2,1H3/t26-,32+/m0/s1. The van der Waals surface area contributed by atoms with Gasteiger partial charge in [-0.1, -0.05) is 40.6 Å². The molecule has 228 valence electrons. The third-order valence-corrected chi connectivity index (χ3v) is 9.75. The third kappa shape index (κ3) is 5.80. The van der Waals surface area contributed by atoms with E-state index in [1.165, 1.54) is 11.3 Å². The molecule has 2 saturated heterocycles. The highest BCUT2D eigenvalue weighted by Gasteiger charge is 2.45. The normalized spacial score (nSPS) is 20.5. The van der Waals surface area contributed by atoms with Crippen LogP contribution in [0.3, 0.4) is 0 Å². The number of nitrogens with zero attached hydrogens (tertiary/aromatic N) is 5. The van der Waals surface area contributed by atoms with E-state index in [9.17, 15) is 4.79 Å². The van der Waals surface area contributed by atoms with Gasteiger partial charge in [0.1, 0.15) is 18.5 Å². The molecule has 0 aliphatic carbocycles. The van der Waals surface area contributed by atoms with Crippen LogP contribution in [0, 0.1) is 0 Å². The summed E-state index contributed by atoms with van der Waals surface area (Å²) in [5, 5.41) is 1.02. The summed E-state index contributed by atoms with van der Waals surface area (Å²) < 4.78 is 23.6. The van der Waals surface area contributed by atoms with Crippen molar-refractivity contribution in [2.45, 2.75) is 18.4 Å². The molecule has 0 bridgehead atoms. The van der Waals surface area contributed by atoms with Crippen LogP contribution in [0.25, 0.3) is 10.2 Å². The number of halogens is 2. The first-order chi connectivity index (χ1) is 21.4. The molecular weight excluding hydrogens is 621 g/mol. The highest BCUT2D eigenvalue weighted by Crippen LogP contribution is 2.40. The minimum atomic E-state index is -1.09. The predicted molar refractivity (Wildman–Crippen MR) is 175 cm³/mol. The number of anilines is 2. The van der Waals surface area contributed by atoms with Crippen molar-refractivity contribution in [1.29, 1.82) is 0 Å². The van der Waals surface area contributed by atoms with Crippen LogP contribution in [0.15, 0.2) is 84.2 Å². The minimum Gasteiger partial charge on any atom is -0.491 e. The van der Waals surface area contributed by atoms with Crippen molar-refractivity contribution in [2.24, 2.45) is 7.05 Å². The second kappa shape index (κ2) is 12.1. The quantitative estimate of drug-likeness (QED) is 0.211. The Morgan fingerprint density at radius 3 is 2.48 bits per heavy atom. The smallest absolute Gasteiger partial charge is 0.307 e. The summed E-state index contributed by atoms with van der Waals surface area (Å²) in [6.45, 7) is 4.69. The second-order valence-electron chi connectivity index (χ2n) is 11.0. The van der Waals surface area contributed by atoms with Gasteiger partial charge in [0.25, 0.3) is 0 Å². The molecule has 5 aromatic rings. The zero-order valence-electron chi connectivity index (χ0n) is 24.1. The van der Waals surface area contributed by atoms with E-state index in [1.807, 2.05) is 42.1 Å². The lowest BCUT2D eigenvalue weighted by atomic mass is 10.1. The first-order valence-electron chi connectivity index (χ1n) is 14.4. The summed E-state index contributed by atoms with van der Waals surface area (Å²) in [5.41, 5.74) is 4.01. The highest BCUT2D eigenvalue weighted by molar-refractivity contribution is 7.16. The Morgan fingerprint density at radius 2 is 1.75 bits per heavy atom. The fourth-order valence-electron chi connectivity index (χ4n) is 5.86. The van der Waals surface area contributed by atoms with Crippen LogP contribution in [0.4, 0.5) is 11.4 Å². The van der Waals surface area contributed by atoms with Crippen LogP contribution >= 0.6 is 34.5 Å². The molecule has 2 aliphatic rings. The molecular formula is C32H31Cl2N5O4S. The van der Waals surface area contributed by atoms with Gasteiger partial charge in [-0.05, 0) is 54.6 Å². The van der Waals surface area contributed by atoms with Gasteiger partial charge in [0.2, 0.25) is 5.79 Å². The van der Waals surface area contributed by atoms with E-state index in [0.717, 1.165) is 53.5 Å². The summed E-state index contributed by atoms with van der Waals surface area (Å²) in [6, 6.07) is 19.8. The van der Waals surface area contributed by atoms with Gasteiger partial charge >= 0.3 is 4.87 Å². The Balaban J connectivity index is 0.957.